The molecule has 126 valence electrons. The first-order chi connectivity index (χ1) is 11.1. The predicted molar refractivity (Wildman–Crippen MR) is 97.6 cm³/mol. The Morgan fingerprint density at radius 1 is 1.25 bits per heavy atom. The number of halogens is 4. The molecule has 0 amide bonds. The molecule has 1 heterocycles. The van der Waals surface area contributed by atoms with E-state index < -0.39 is 5.82 Å². The van der Waals surface area contributed by atoms with Crippen molar-refractivity contribution in [3.63, 3.8) is 0 Å². The van der Waals surface area contributed by atoms with E-state index in [1.54, 1.807) is 25.3 Å². The van der Waals surface area contributed by atoms with Crippen LogP contribution in [0.25, 0.3) is 10.9 Å². The van der Waals surface area contributed by atoms with E-state index in [0.717, 1.165) is 5.56 Å². The Balaban J connectivity index is 0.00000208. The highest BCUT2D eigenvalue weighted by atomic mass is 35.5. The number of hydrogen-bond acceptors (Lipinski definition) is 4. The number of hydrogen-bond donors (Lipinski definition) is 1. The molecule has 4 nitrogen and oxygen atoms in total. The number of nitrogens with one attached hydrogen (secondary N) is 1. The Bertz CT molecular complexity index is 877. The topological polar surface area (TPSA) is 47.0 Å². The first kappa shape index (κ1) is 18.5. The van der Waals surface area contributed by atoms with Crippen molar-refractivity contribution in [1.29, 1.82) is 0 Å². The van der Waals surface area contributed by atoms with Crippen LogP contribution in [0.15, 0.2) is 36.7 Å². The molecule has 1 N–H and O–H groups in total. The molecule has 0 bridgehead atoms. The normalized spacial score (nSPS) is 10.3. The summed E-state index contributed by atoms with van der Waals surface area (Å²) in [6.45, 7) is 0. The summed E-state index contributed by atoms with van der Waals surface area (Å²) in [5.74, 6) is 0.849. The smallest absolute Gasteiger partial charge is 0.165 e. The van der Waals surface area contributed by atoms with Crippen molar-refractivity contribution in [1.82, 2.24) is 9.97 Å². The maximum Gasteiger partial charge on any atom is 0.165 e. The van der Waals surface area contributed by atoms with Crippen LogP contribution >= 0.6 is 35.6 Å². The lowest BCUT2D eigenvalue weighted by atomic mass is 10.1. The maximum absolute atomic E-state index is 14.1. The Morgan fingerprint density at radius 2 is 2.04 bits per heavy atom. The number of methoxy groups -OCH3 is 1. The van der Waals surface area contributed by atoms with E-state index >= 15 is 0 Å². The molecular weight excluding hydrogens is 376 g/mol. The number of ether oxygens (including phenoxy) is 1. The summed E-state index contributed by atoms with van der Waals surface area (Å²) in [5.41, 5.74) is 1.70. The average Bonchev–Trinajstić information content (AvgIpc) is 2.58. The van der Waals surface area contributed by atoms with Gasteiger partial charge in [0, 0.05) is 17.0 Å². The minimum Gasteiger partial charge on any atom is -0.496 e. The van der Waals surface area contributed by atoms with Gasteiger partial charge in [-0.25, -0.2) is 14.4 Å². The number of aromatic nitrogens is 2. The van der Waals surface area contributed by atoms with Gasteiger partial charge < -0.3 is 10.1 Å². The molecule has 0 aliphatic rings. The summed E-state index contributed by atoms with van der Waals surface area (Å²) in [4.78, 5) is 8.40. The van der Waals surface area contributed by atoms with Crippen LogP contribution in [0.3, 0.4) is 0 Å². The molecule has 0 atom stereocenters. The molecule has 0 saturated heterocycles. The molecule has 1 aromatic heterocycles. The Labute approximate surface area is 154 Å². The highest BCUT2D eigenvalue weighted by molar-refractivity contribution is 6.31. The Morgan fingerprint density at radius 3 is 2.75 bits per heavy atom. The first-order valence-electron chi connectivity index (χ1n) is 6.72. The fourth-order valence-corrected chi connectivity index (χ4v) is 2.63. The van der Waals surface area contributed by atoms with Crippen LogP contribution in [-0.2, 0) is 5.88 Å². The zero-order valence-corrected chi connectivity index (χ0v) is 14.8. The van der Waals surface area contributed by atoms with Gasteiger partial charge in [0.15, 0.2) is 5.82 Å². The van der Waals surface area contributed by atoms with Crippen LogP contribution in [0.5, 0.6) is 5.75 Å². The van der Waals surface area contributed by atoms with E-state index in [1.807, 2.05) is 6.07 Å². The molecule has 3 rings (SSSR count). The van der Waals surface area contributed by atoms with E-state index in [2.05, 4.69) is 15.3 Å². The van der Waals surface area contributed by atoms with Gasteiger partial charge in [-0.1, -0.05) is 17.7 Å². The Hall–Kier alpha value is -1.82. The van der Waals surface area contributed by atoms with Crippen molar-refractivity contribution in [2.24, 2.45) is 0 Å². The van der Waals surface area contributed by atoms with E-state index in [1.165, 1.54) is 12.4 Å². The van der Waals surface area contributed by atoms with Gasteiger partial charge in [-0.15, -0.1) is 24.0 Å². The molecule has 3 aromatic rings. The molecule has 0 fully saturated rings. The zero-order chi connectivity index (χ0) is 16.4. The molecule has 24 heavy (non-hydrogen) atoms. The van der Waals surface area contributed by atoms with E-state index in [9.17, 15) is 4.39 Å². The summed E-state index contributed by atoms with van der Waals surface area (Å²) in [6.07, 6.45) is 1.40. The van der Waals surface area contributed by atoms with E-state index in [-0.39, 0.29) is 29.0 Å². The molecule has 0 radical (unpaired) electrons. The number of anilines is 2. The third kappa shape index (κ3) is 3.48. The third-order valence-corrected chi connectivity index (χ3v) is 3.97. The summed E-state index contributed by atoms with van der Waals surface area (Å²) in [6, 6.07) is 8.32. The van der Waals surface area contributed by atoms with Gasteiger partial charge in [-0.3, -0.25) is 0 Å². The lowest BCUT2D eigenvalue weighted by Crippen LogP contribution is -2.00. The maximum atomic E-state index is 14.1. The summed E-state index contributed by atoms with van der Waals surface area (Å²) in [5, 5.41) is 3.70. The van der Waals surface area contributed by atoms with Crippen LogP contribution in [-0.4, -0.2) is 17.1 Å². The zero-order valence-electron chi connectivity index (χ0n) is 12.5. The van der Waals surface area contributed by atoms with Gasteiger partial charge in [0.2, 0.25) is 0 Å². The van der Waals surface area contributed by atoms with Crippen LogP contribution < -0.4 is 10.1 Å². The molecule has 8 heteroatoms. The van der Waals surface area contributed by atoms with Crippen molar-refractivity contribution in [3.8, 4) is 5.75 Å². The summed E-state index contributed by atoms with van der Waals surface area (Å²) >= 11 is 11.8. The second-order valence-electron chi connectivity index (χ2n) is 4.76. The molecular formula is C16H13Cl3FN3O. The van der Waals surface area contributed by atoms with Crippen molar-refractivity contribution in [2.45, 2.75) is 5.88 Å². The second kappa shape index (κ2) is 7.83. The van der Waals surface area contributed by atoms with Gasteiger partial charge in [-0.05, 0) is 18.2 Å². The lowest BCUT2D eigenvalue weighted by molar-refractivity contribution is 0.412. The minimum atomic E-state index is -0.535. The lowest BCUT2D eigenvalue weighted by Gasteiger charge is -2.12. The second-order valence-corrected chi connectivity index (χ2v) is 5.44. The van der Waals surface area contributed by atoms with Gasteiger partial charge in [0.05, 0.1) is 29.2 Å². The molecule has 0 spiro atoms. The quantitative estimate of drug-likeness (QED) is 0.613. The fourth-order valence-electron chi connectivity index (χ4n) is 2.25. The van der Waals surface area contributed by atoms with E-state index in [4.69, 9.17) is 27.9 Å². The number of alkyl halides is 1. The minimum absolute atomic E-state index is 0. The summed E-state index contributed by atoms with van der Waals surface area (Å²) in [7, 11) is 1.57. The molecule has 0 aliphatic carbocycles. The Kier molecular flexibility index (Phi) is 6.04. The number of benzene rings is 2. The molecule has 0 saturated carbocycles. The molecule has 0 unspecified atom stereocenters. The van der Waals surface area contributed by atoms with Crippen molar-refractivity contribution in [2.75, 3.05) is 12.4 Å². The van der Waals surface area contributed by atoms with Gasteiger partial charge in [0.25, 0.3) is 0 Å². The van der Waals surface area contributed by atoms with E-state index in [0.29, 0.717) is 22.5 Å². The van der Waals surface area contributed by atoms with Crippen LogP contribution in [0.2, 0.25) is 5.02 Å². The van der Waals surface area contributed by atoms with Crippen LogP contribution in [0.1, 0.15) is 5.56 Å². The van der Waals surface area contributed by atoms with Crippen molar-refractivity contribution in [3.05, 3.63) is 53.1 Å². The molecule has 2 aromatic carbocycles. The number of rotatable bonds is 4. The first-order valence-corrected chi connectivity index (χ1v) is 7.64. The predicted octanol–water partition coefficient (Wildman–Crippen LogP) is 5.34. The van der Waals surface area contributed by atoms with Crippen molar-refractivity contribution < 1.29 is 9.13 Å². The SMILES string of the molecule is COc1cc2ncnc(Nc3cccc(Cl)c3F)c2cc1CCl.Cl. The summed E-state index contributed by atoms with van der Waals surface area (Å²) < 4.78 is 19.4. The van der Waals surface area contributed by atoms with Crippen LogP contribution in [0.4, 0.5) is 15.9 Å². The highest BCUT2D eigenvalue weighted by Gasteiger charge is 2.12. The number of fused-ring (bicyclic) bond motifs is 1. The van der Waals surface area contributed by atoms with Gasteiger partial charge in [-0.2, -0.15) is 0 Å². The van der Waals surface area contributed by atoms with Crippen LogP contribution in [0, 0.1) is 5.82 Å². The van der Waals surface area contributed by atoms with Crippen molar-refractivity contribution >= 4 is 58.0 Å². The highest BCUT2D eigenvalue weighted by Crippen LogP contribution is 2.31. The number of nitrogens with zero attached hydrogens (tertiary/aromatic N) is 2. The standard InChI is InChI=1S/C16H12Cl2FN3O.ClH/c1-23-14-6-13-10(5-9(14)7-17)16(21-8-20-13)22-12-4-2-3-11(18)15(12)19;/h2-6,8H,7H2,1H3,(H,20,21,22);1H. The van der Waals surface area contributed by atoms with Gasteiger partial charge in [0.1, 0.15) is 17.9 Å². The fraction of sp³-hybridized carbons (Fsp3) is 0.125. The monoisotopic (exact) mass is 387 g/mol. The van der Waals surface area contributed by atoms with Gasteiger partial charge >= 0.3 is 0 Å². The average molecular weight is 389 g/mol. The third-order valence-electron chi connectivity index (χ3n) is 3.39. The largest absolute Gasteiger partial charge is 0.496 e. The molecule has 0 aliphatic heterocycles.